The fraction of sp³-hybridized carbons (Fsp3) is 0.591. The first kappa shape index (κ1) is 21.5. The van der Waals surface area contributed by atoms with Gasteiger partial charge >= 0.3 is 0 Å². The second kappa shape index (κ2) is 9.98. The minimum absolute atomic E-state index is 0.523. The normalized spacial score (nSPS) is 14.8. The molecule has 0 aliphatic carbocycles. The topological polar surface area (TPSA) is 66.4 Å². The Hall–Kier alpha value is -2.25. The Morgan fingerprint density at radius 3 is 2.41 bits per heavy atom. The average Bonchev–Trinajstić information content (AvgIpc) is 2.72. The minimum Gasteiger partial charge on any atom is -0.378 e. The molecule has 0 aromatic carbocycles. The number of hydrogen-bond donors (Lipinski definition) is 1. The summed E-state index contributed by atoms with van der Waals surface area (Å²) in [7, 11) is 0. The standard InChI is InChI=1S/C22H34N6O/c1-16(2)28(17(3)4)9-8-23-21-18(5)14-25-22(26-21)19-6-7-20(24-15-19)27-10-12-29-13-11-27/h6-7,14-17H,8-13H2,1-5H3,(H,23,25,26). The van der Waals surface area contributed by atoms with Crippen LogP contribution in [0.5, 0.6) is 0 Å². The largest absolute Gasteiger partial charge is 0.378 e. The predicted molar refractivity (Wildman–Crippen MR) is 118 cm³/mol. The molecule has 158 valence electrons. The molecule has 1 aliphatic rings. The molecule has 3 heterocycles. The quantitative estimate of drug-likeness (QED) is 0.732. The molecule has 2 aromatic rings. The molecule has 7 nitrogen and oxygen atoms in total. The molecular formula is C22H34N6O. The Bertz CT molecular complexity index is 763. The van der Waals surface area contributed by atoms with E-state index in [-0.39, 0.29) is 0 Å². The van der Waals surface area contributed by atoms with E-state index in [4.69, 9.17) is 9.72 Å². The number of hydrogen-bond acceptors (Lipinski definition) is 7. The lowest BCUT2D eigenvalue weighted by Crippen LogP contribution is -2.40. The zero-order valence-corrected chi connectivity index (χ0v) is 18.4. The van der Waals surface area contributed by atoms with Gasteiger partial charge in [0.05, 0.1) is 13.2 Å². The highest BCUT2D eigenvalue weighted by molar-refractivity contribution is 5.59. The summed E-state index contributed by atoms with van der Waals surface area (Å²) in [6.07, 6.45) is 3.74. The first-order chi connectivity index (χ1) is 14.0. The summed E-state index contributed by atoms with van der Waals surface area (Å²) in [5.41, 5.74) is 1.98. The van der Waals surface area contributed by atoms with E-state index < -0.39 is 0 Å². The summed E-state index contributed by atoms with van der Waals surface area (Å²) in [4.78, 5) is 18.6. The molecule has 1 saturated heterocycles. The van der Waals surface area contributed by atoms with Crippen molar-refractivity contribution in [3.05, 3.63) is 30.1 Å². The molecule has 1 aliphatic heterocycles. The maximum absolute atomic E-state index is 5.41. The van der Waals surface area contributed by atoms with Gasteiger partial charge in [-0.05, 0) is 46.8 Å². The van der Waals surface area contributed by atoms with Crippen molar-refractivity contribution < 1.29 is 4.74 Å². The van der Waals surface area contributed by atoms with Crippen molar-refractivity contribution in [1.29, 1.82) is 0 Å². The van der Waals surface area contributed by atoms with E-state index in [1.807, 2.05) is 31.5 Å². The van der Waals surface area contributed by atoms with E-state index in [1.165, 1.54) is 0 Å². The van der Waals surface area contributed by atoms with Gasteiger partial charge in [-0.25, -0.2) is 15.0 Å². The van der Waals surface area contributed by atoms with Crippen LogP contribution in [0.1, 0.15) is 33.3 Å². The minimum atomic E-state index is 0.523. The van der Waals surface area contributed by atoms with Crippen LogP contribution in [-0.4, -0.2) is 71.3 Å². The van der Waals surface area contributed by atoms with Gasteiger partial charge in [0, 0.05) is 61.8 Å². The van der Waals surface area contributed by atoms with Crippen molar-refractivity contribution in [2.75, 3.05) is 49.6 Å². The number of nitrogens with one attached hydrogen (secondary N) is 1. The molecule has 0 saturated carbocycles. The summed E-state index contributed by atoms with van der Waals surface area (Å²) in [5, 5.41) is 3.49. The van der Waals surface area contributed by atoms with Crippen LogP contribution in [0.3, 0.4) is 0 Å². The van der Waals surface area contributed by atoms with E-state index in [2.05, 4.69) is 52.8 Å². The third-order valence-electron chi connectivity index (χ3n) is 5.30. The molecular weight excluding hydrogens is 364 g/mol. The fourth-order valence-corrected chi connectivity index (χ4v) is 3.67. The molecule has 0 radical (unpaired) electrons. The van der Waals surface area contributed by atoms with E-state index in [9.17, 15) is 0 Å². The van der Waals surface area contributed by atoms with Gasteiger partial charge in [0.25, 0.3) is 0 Å². The summed E-state index contributed by atoms with van der Waals surface area (Å²) in [5.74, 6) is 2.56. The van der Waals surface area contributed by atoms with Crippen LogP contribution in [0, 0.1) is 6.92 Å². The Labute approximate surface area is 174 Å². The highest BCUT2D eigenvalue weighted by atomic mass is 16.5. The van der Waals surface area contributed by atoms with Gasteiger partial charge in [0.1, 0.15) is 11.6 Å². The monoisotopic (exact) mass is 398 g/mol. The first-order valence-corrected chi connectivity index (χ1v) is 10.6. The SMILES string of the molecule is Cc1cnc(-c2ccc(N3CCOCC3)nc2)nc1NCCN(C(C)C)C(C)C. The molecule has 29 heavy (non-hydrogen) atoms. The first-order valence-electron chi connectivity index (χ1n) is 10.6. The van der Waals surface area contributed by atoms with Crippen molar-refractivity contribution in [2.24, 2.45) is 0 Å². The van der Waals surface area contributed by atoms with Crippen molar-refractivity contribution in [3.63, 3.8) is 0 Å². The molecule has 0 bridgehead atoms. The summed E-state index contributed by atoms with van der Waals surface area (Å²) >= 11 is 0. The number of aryl methyl sites for hydroxylation is 1. The summed E-state index contributed by atoms with van der Waals surface area (Å²) in [6, 6.07) is 5.14. The lowest BCUT2D eigenvalue weighted by molar-refractivity contribution is 0.122. The number of rotatable bonds is 8. The number of anilines is 2. The lowest BCUT2D eigenvalue weighted by Gasteiger charge is -2.30. The van der Waals surface area contributed by atoms with Crippen molar-refractivity contribution in [1.82, 2.24) is 19.9 Å². The van der Waals surface area contributed by atoms with Gasteiger partial charge < -0.3 is 15.0 Å². The van der Waals surface area contributed by atoms with Crippen LogP contribution < -0.4 is 10.2 Å². The van der Waals surface area contributed by atoms with Gasteiger partial charge in [-0.2, -0.15) is 0 Å². The van der Waals surface area contributed by atoms with Crippen molar-refractivity contribution >= 4 is 11.6 Å². The molecule has 0 amide bonds. The molecule has 7 heteroatoms. The predicted octanol–water partition coefficient (Wildman–Crippen LogP) is 3.21. The lowest BCUT2D eigenvalue weighted by atomic mass is 10.2. The van der Waals surface area contributed by atoms with E-state index in [1.54, 1.807) is 0 Å². The zero-order chi connectivity index (χ0) is 20.8. The summed E-state index contributed by atoms with van der Waals surface area (Å²) in [6.45, 7) is 16.1. The molecule has 1 fully saturated rings. The second-order valence-corrected chi connectivity index (χ2v) is 8.08. The number of nitrogens with zero attached hydrogens (tertiary/aromatic N) is 5. The van der Waals surface area contributed by atoms with Crippen LogP contribution in [-0.2, 0) is 4.74 Å². The fourth-order valence-electron chi connectivity index (χ4n) is 3.67. The van der Waals surface area contributed by atoms with Crippen LogP contribution >= 0.6 is 0 Å². The molecule has 0 unspecified atom stereocenters. The second-order valence-electron chi connectivity index (χ2n) is 8.08. The van der Waals surface area contributed by atoms with Crippen LogP contribution in [0.15, 0.2) is 24.5 Å². The van der Waals surface area contributed by atoms with Gasteiger partial charge in [0.15, 0.2) is 5.82 Å². The average molecular weight is 399 g/mol. The Morgan fingerprint density at radius 1 is 1.07 bits per heavy atom. The Kier molecular flexibility index (Phi) is 7.39. The van der Waals surface area contributed by atoms with Crippen LogP contribution in [0.4, 0.5) is 11.6 Å². The zero-order valence-electron chi connectivity index (χ0n) is 18.4. The Morgan fingerprint density at radius 2 is 1.79 bits per heavy atom. The molecule has 0 atom stereocenters. The van der Waals surface area contributed by atoms with Gasteiger partial charge in [-0.15, -0.1) is 0 Å². The maximum atomic E-state index is 5.41. The smallest absolute Gasteiger partial charge is 0.163 e. The van der Waals surface area contributed by atoms with E-state index in [0.29, 0.717) is 17.9 Å². The molecule has 0 spiro atoms. The number of morpholine rings is 1. The van der Waals surface area contributed by atoms with Gasteiger partial charge in [-0.1, -0.05) is 0 Å². The van der Waals surface area contributed by atoms with Crippen molar-refractivity contribution in [3.8, 4) is 11.4 Å². The highest BCUT2D eigenvalue weighted by Gasteiger charge is 2.14. The molecule has 1 N–H and O–H groups in total. The number of pyridine rings is 1. The van der Waals surface area contributed by atoms with Gasteiger partial charge in [-0.3, -0.25) is 4.90 Å². The molecule has 2 aromatic heterocycles. The third kappa shape index (κ3) is 5.64. The van der Waals surface area contributed by atoms with E-state index in [0.717, 1.165) is 62.2 Å². The summed E-state index contributed by atoms with van der Waals surface area (Å²) < 4.78 is 5.41. The number of ether oxygens (including phenoxy) is 1. The maximum Gasteiger partial charge on any atom is 0.163 e. The highest BCUT2D eigenvalue weighted by Crippen LogP contribution is 2.21. The van der Waals surface area contributed by atoms with Gasteiger partial charge in [0.2, 0.25) is 0 Å². The van der Waals surface area contributed by atoms with Crippen LogP contribution in [0.25, 0.3) is 11.4 Å². The van der Waals surface area contributed by atoms with Crippen LogP contribution in [0.2, 0.25) is 0 Å². The van der Waals surface area contributed by atoms with E-state index >= 15 is 0 Å². The molecule has 3 rings (SSSR count). The number of aromatic nitrogens is 3. The Balaban J connectivity index is 1.66. The third-order valence-corrected chi connectivity index (χ3v) is 5.30. The van der Waals surface area contributed by atoms with Crippen molar-refractivity contribution in [2.45, 2.75) is 46.7 Å².